The Morgan fingerprint density at radius 1 is 1.44 bits per heavy atom. The summed E-state index contributed by atoms with van der Waals surface area (Å²) in [4.78, 5) is 11.4. The first kappa shape index (κ1) is 12.9. The Kier molecular flexibility index (Phi) is 3.87. The molecule has 2 aromatic rings. The molecule has 94 valence electrons. The number of hydrogen-bond acceptors (Lipinski definition) is 3. The molecule has 1 aromatic carbocycles. The van der Waals surface area contributed by atoms with Crippen molar-refractivity contribution in [3.63, 3.8) is 0 Å². The Morgan fingerprint density at radius 3 is 2.89 bits per heavy atom. The summed E-state index contributed by atoms with van der Waals surface area (Å²) in [6.45, 7) is 6.08. The monoisotopic (exact) mass is 308 g/mol. The van der Waals surface area contributed by atoms with E-state index in [1.165, 1.54) is 6.07 Å². The Balaban J connectivity index is 2.45. The Morgan fingerprint density at radius 2 is 2.22 bits per heavy atom. The lowest BCUT2D eigenvalue weighted by molar-refractivity contribution is 0.360. The maximum Gasteiger partial charge on any atom is 0.336 e. The third-order valence-corrected chi connectivity index (χ3v) is 2.81. The maximum atomic E-state index is 11.4. The van der Waals surface area contributed by atoms with Crippen LogP contribution in [0.5, 0.6) is 5.75 Å². The van der Waals surface area contributed by atoms with Crippen LogP contribution >= 0.6 is 15.9 Å². The van der Waals surface area contributed by atoms with Gasteiger partial charge in [-0.05, 0) is 24.1 Å². The second-order valence-corrected chi connectivity index (χ2v) is 5.03. The van der Waals surface area contributed by atoms with Crippen molar-refractivity contribution in [3.05, 3.63) is 51.3 Å². The van der Waals surface area contributed by atoms with Crippen LogP contribution < -0.4 is 10.4 Å². The van der Waals surface area contributed by atoms with E-state index in [1.54, 1.807) is 6.07 Å². The largest absolute Gasteiger partial charge is 0.488 e. The van der Waals surface area contributed by atoms with Crippen molar-refractivity contribution >= 4 is 26.9 Å². The number of fused-ring (bicyclic) bond motifs is 1. The lowest BCUT2D eigenvalue weighted by Crippen LogP contribution is -2.01. The van der Waals surface area contributed by atoms with Crippen LogP contribution in [0, 0.1) is 0 Å². The Labute approximate surface area is 113 Å². The molecule has 0 atom stereocenters. The fraction of sp³-hybridized carbons (Fsp3) is 0.214. The van der Waals surface area contributed by atoms with Gasteiger partial charge in [-0.3, -0.25) is 0 Å². The van der Waals surface area contributed by atoms with Crippen LogP contribution in [0.1, 0.15) is 12.5 Å². The van der Waals surface area contributed by atoms with Gasteiger partial charge in [0.25, 0.3) is 0 Å². The molecule has 0 saturated carbocycles. The highest BCUT2D eigenvalue weighted by Gasteiger charge is 2.05. The van der Waals surface area contributed by atoms with Crippen molar-refractivity contribution in [2.24, 2.45) is 0 Å². The van der Waals surface area contributed by atoms with E-state index in [-0.39, 0.29) is 5.63 Å². The van der Waals surface area contributed by atoms with Crippen molar-refractivity contribution in [3.8, 4) is 5.75 Å². The molecule has 0 spiro atoms. The Bertz CT molecular complexity index is 643. The predicted molar refractivity (Wildman–Crippen MR) is 75.4 cm³/mol. The first-order valence-electron chi connectivity index (χ1n) is 5.63. The lowest BCUT2D eigenvalue weighted by Gasteiger charge is -2.07. The van der Waals surface area contributed by atoms with E-state index in [1.807, 2.05) is 19.1 Å². The average Bonchev–Trinajstić information content (AvgIpc) is 2.34. The molecule has 0 fully saturated rings. The molecular formula is C14H13BrO3. The van der Waals surface area contributed by atoms with Gasteiger partial charge >= 0.3 is 5.63 Å². The molecule has 0 saturated heterocycles. The van der Waals surface area contributed by atoms with E-state index >= 15 is 0 Å². The van der Waals surface area contributed by atoms with Crippen LogP contribution in [-0.2, 0) is 6.42 Å². The third kappa shape index (κ3) is 2.82. The van der Waals surface area contributed by atoms with E-state index in [9.17, 15) is 4.79 Å². The SMILES string of the molecule is C=C(Br)COc1ccc2c(CC)cc(=O)oc2c1. The van der Waals surface area contributed by atoms with Crippen LogP contribution in [0.25, 0.3) is 11.0 Å². The molecule has 0 amide bonds. The maximum absolute atomic E-state index is 11.4. The molecule has 0 N–H and O–H groups in total. The third-order valence-electron chi connectivity index (χ3n) is 2.58. The standard InChI is InChI=1S/C14H13BrO3/c1-3-10-6-14(16)18-13-7-11(4-5-12(10)13)17-8-9(2)15/h4-7H,2-3,8H2,1H3. The van der Waals surface area contributed by atoms with E-state index < -0.39 is 0 Å². The molecule has 0 aliphatic heterocycles. The van der Waals surface area contributed by atoms with Gasteiger partial charge in [0.1, 0.15) is 17.9 Å². The number of rotatable bonds is 4. The number of hydrogen-bond donors (Lipinski definition) is 0. The van der Waals surface area contributed by atoms with Crippen molar-refractivity contribution in [1.29, 1.82) is 0 Å². The van der Waals surface area contributed by atoms with Crippen LogP contribution in [0.15, 0.2) is 44.5 Å². The molecule has 3 nitrogen and oxygen atoms in total. The summed E-state index contributed by atoms with van der Waals surface area (Å²) in [5, 5.41) is 0.946. The molecule has 18 heavy (non-hydrogen) atoms. The van der Waals surface area contributed by atoms with Crippen molar-refractivity contribution in [2.45, 2.75) is 13.3 Å². The summed E-state index contributed by atoms with van der Waals surface area (Å²) in [7, 11) is 0. The fourth-order valence-corrected chi connectivity index (χ4v) is 1.87. The van der Waals surface area contributed by atoms with Gasteiger partial charge in [0.2, 0.25) is 0 Å². The van der Waals surface area contributed by atoms with Gasteiger partial charge in [-0.25, -0.2) is 4.79 Å². The number of aryl methyl sites for hydroxylation is 1. The molecule has 0 aliphatic carbocycles. The quantitative estimate of drug-likeness (QED) is 0.809. The summed E-state index contributed by atoms with van der Waals surface area (Å²) in [5.74, 6) is 0.652. The molecule has 0 aliphatic rings. The molecule has 1 heterocycles. The van der Waals surface area contributed by atoms with Gasteiger partial charge in [0, 0.05) is 22.0 Å². The summed E-state index contributed by atoms with van der Waals surface area (Å²) >= 11 is 3.22. The summed E-state index contributed by atoms with van der Waals surface area (Å²) < 4.78 is 11.4. The second kappa shape index (κ2) is 5.40. The molecule has 0 bridgehead atoms. The number of ether oxygens (including phenoxy) is 1. The first-order chi connectivity index (χ1) is 8.60. The average molecular weight is 309 g/mol. The smallest absolute Gasteiger partial charge is 0.336 e. The Hall–Kier alpha value is -1.55. The van der Waals surface area contributed by atoms with Crippen LogP contribution in [0.4, 0.5) is 0 Å². The molecule has 4 heteroatoms. The molecule has 1 aromatic heterocycles. The van der Waals surface area contributed by atoms with Gasteiger partial charge in [-0.2, -0.15) is 0 Å². The molecular weight excluding hydrogens is 296 g/mol. The van der Waals surface area contributed by atoms with E-state index in [0.717, 1.165) is 21.9 Å². The number of halogens is 1. The summed E-state index contributed by atoms with van der Waals surface area (Å²) in [6, 6.07) is 7.02. The van der Waals surface area contributed by atoms with Crippen molar-refractivity contribution in [1.82, 2.24) is 0 Å². The van der Waals surface area contributed by atoms with Gasteiger partial charge in [-0.15, -0.1) is 0 Å². The van der Waals surface area contributed by atoms with Crippen LogP contribution in [0.3, 0.4) is 0 Å². The molecule has 0 unspecified atom stereocenters. The first-order valence-corrected chi connectivity index (χ1v) is 6.42. The van der Waals surface area contributed by atoms with Crippen LogP contribution in [0.2, 0.25) is 0 Å². The molecule has 2 rings (SSSR count). The highest BCUT2D eigenvalue weighted by Crippen LogP contribution is 2.23. The normalized spacial score (nSPS) is 10.6. The highest BCUT2D eigenvalue weighted by molar-refractivity contribution is 9.11. The van der Waals surface area contributed by atoms with Crippen molar-refractivity contribution in [2.75, 3.05) is 6.61 Å². The minimum Gasteiger partial charge on any atom is -0.488 e. The van der Waals surface area contributed by atoms with Gasteiger partial charge in [0.15, 0.2) is 0 Å². The lowest BCUT2D eigenvalue weighted by atomic mass is 10.1. The minimum absolute atomic E-state index is 0.332. The van der Waals surface area contributed by atoms with E-state index in [4.69, 9.17) is 9.15 Å². The zero-order chi connectivity index (χ0) is 13.1. The zero-order valence-corrected chi connectivity index (χ0v) is 11.6. The van der Waals surface area contributed by atoms with Crippen molar-refractivity contribution < 1.29 is 9.15 Å². The van der Waals surface area contributed by atoms with Gasteiger partial charge in [-0.1, -0.05) is 29.4 Å². The van der Waals surface area contributed by atoms with Gasteiger partial charge in [0.05, 0.1) is 0 Å². The van der Waals surface area contributed by atoms with Crippen LogP contribution in [-0.4, -0.2) is 6.61 Å². The minimum atomic E-state index is -0.332. The molecule has 0 radical (unpaired) electrons. The highest BCUT2D eigenvalue weighted by atomic mass is 79.9. The zero-order valence-electron chi connectivity index (χ0n) is 10.0. The summed E-state index contributed by atoms with van der Waals surface area (Å²) in [6.07, 6.45) is 0.792. The topological polar surface area (TPSA) is 39.4 Å². The van der Waals surface area contributed by atoms with Gasteiger partial charge < -0.3 is 9.15 Å². The van der Waals surface area contributed by atoms with E-state index in [0.29, 0.717) is 17.9 Å². The summed E-state index contributed by atoms with van der Waals surface area (Å²) in [5.41, 5.74) is 1.20. The predicted octanol–water partition coefficient (Wildman–Crippen LogP) is 3.64. The number of benzene rings is 1. The second-order valence-electron chi connectivity index (χ2n) is 3.91. The van der Waals surface area contributed by atoms with E-state index in [2.05, 4.69) is 22.5 Å². The fourth-order valence-electron chi connectivity index (χ4n) is 1.75.